The third kappa shape index (κ3) is 4.80. The molecule has 142 valence electrons. The van der Waals surface area contributed by atoms with Crippen molar-refractivity contribution in [2.24, 2.45) is 5.16 Å². The van der Waals surface area contributed by atoms with E-state index in [0.29, 0.717) is 31.0 Å². The SMILES string of the molecule is CCC(=O)N(Cc1cccc(OC)c1)CC1CC(c2ccccc2Cl)=NO1. The van der Waals surface area contributed by atoms with Crippen LogP contribution in [0.4, 0.5) is 0 Å². The molecular formula is C21H23ClN2O3. The topological polar surface area (TPSA) is 51.1 Å². The number of oxime groups is 1. The number of hydrogen-bond donors (Lipinski definition) is 0. The molecular weight excluding hydrogens is 364 g/mol. The molecule has 1 aliphatic heterocycles. The first kappa shape index (κ1) is 19.2. The van der Waals surface area contributed by atoms with Gasteiger partial charge < -0.3 is 14.5 Å². The molecule has 1 unspecified atom stereocenters. The van der Waals surface area contributed by atoms with Crippen molar-refractivity contribution in [2.45, 2.75) is 32.4 Å². The van der Waals surface area contributed by atoms with Crippen molar-refractivity contribution in [3.63, 3.8) is 0 Å². The van der Waals surface area contributed by atoms with Gasteiger partial charge in [-0.1, -0.05) is 54.0 Å². The zero-order valence-electron chi connectivity index (χ0n) is 15.5. The quantitative estimate of drug-likeness (QED) is 0.713. The molecule has 2 aromatic rings. The number of hydrogen-bond acceptors (Lipinski definition) is 4. The van der Waals surface area contributed by atoms with Gasteiger partial charge in [0, 0.05) is 30.0 Å². The van der Waals surface area contributed by atoms with Crippen molar-refractivity contribution in [3.8, 4) is 5.75 Å². The van der Waals surface area contributed by atoms with Gasteiger partial charge in [0.15, 0.2) is 6.10 Å². The van der Waals surface area contributed by atoms with E-state index in [0.717, 1.165) is 22.6 Å². The van der Waals surface area contributed by atoms with Gasteiger partial charge in [-0.05, 0) is 23.8 Å². The Balaban J connectivity index is 1.67. The Bertz CT molecular complexity index is 838. The molecule has 3 rings (SSSR count). The summed E-state index contributed by atoms with van der Waals surface area (Å²) in [7, 11) is 1.63. The minimum absolute atomic E-state index is 0.0765. The molecule has 1 atom stereocenters. The Kier molecular flexibility index (Phi) is 6.35. The van der Waals surface area contributed by atoms with Crippen LogP contribution in [-0.2, 0) is 16.2 Å². The maximum absolute atomic E-state index is 12.4. The van der Waals surface area contributed by atoms with E-state index < -0.39 is 0 Å². The molecule has 2 aromatic carbocycles. The van der Waals surface area contributed by atoms with Gasteiger partial charge in [-0.2, -0.15) is 0 Å². The van der Waals surface area contributed by atoms with Crippen LogP contribution in [0.3, 0.4) is 0 Å². The second-order valence-electron chi connectivity index (χ2n) is 6.43. The van der Waals surface area contributed by atoms with E-state index in [1.165, 1.54) is 0 Å². The van der Waals surface area contributed by atoms with Crippen LogP contribution in [0.5, 0.6) is 5.75 Å². The second-order valence-corrected chi connectivity index (χ2v) is 6.84. The van der Waals surface area contributed by atoms with Crippen molar-refractivity contribution in [1.82, 2.24) is 4.90 Å². The zero-order valence-corrected chi connectivity index (χ0v) is 16.3. The predicted molar refractivity (Wildman–Crippen MR) is 106 cm³/mol. The number of carbonyl (C=O) groups is 1. The fourth-order valence-electron chi connectivity index (χ4n) is 3.10. The standard InChI is InChI=1S/C21H23ClN2O3/c1-3-21(25)24(13-15-7-6-8-16(11-15)26-2)14-17-12-20(23-27-17)18-9-4-5-10-19(18)22/h4-11,17H,3,12-14H2,1-2H3. The highest BCUT2D eigenvalue weighted by molar-refractivity contribution is 6.34. The third-order valence-electron chi connectivity index (χ3n) is 4.50. The minimum atomic E-state index is -0.183. The van der Waals surface area contributed by atoms with E-state index in [1.807, 2.05) is 60.4 Å². The van der Waals surface area contributed by atoms with Gasteiger partial charge >= 0.3 is 0 Å². The summed E-state index contributed by atoms with van der Waals surface area (Å²) in [6, 6.07) is 15.3. The monoisotopic (exact) mass is 386 g/mol. The van der Waals surface area contributed by atoms with Crippen molar-refractivity contribution < 1.29 is 14.4 Å². The average Bonchev–Trinajstić information content (AvgIpc) is 3.15. The van der Waals surface area contributed by atoms with E-state index in [2.05, 4.69) is 5.16 Å². The molecule has 0 fully saturated rings. The van der Waals surface area contributed by atoms with Gasteiger partial charge in [0.1, 0.15) is 5.75 Å². The molecule has 0 aliphatic carbocycles. The number of carbonyl (C=O) groups excluding carboxylic acids is 1. The summed E-state index contributed by atoms with van der Waals surface area (Å²) in [6.45, 7) is 2.84. The lowest BCUT2D eigenvalue weighted by molar-refractivity contribution is -0.133. The molecule has 27 heavy (non-hydrogen) atoms. The Morgan fingerprint density at radius 1 is 1.30 bits per heavy atom. The Labute approximate surface area is 164 Å². The Hall–Kier alpha value is -2.53. The molecule has 1 aliphatic rings. The second kappa shape index (κ2) is 8.91. The molecule has 0 saturated carbocycles. The van der Waals surface area contributed by atoms with Crippen LogP contribution in [0.15, 0.2) is 53.7 Å². The van der Waals surface area contributed by atoms with Crippen molar-refractivity contribution in [1.29, 1.82) is 0 Å². The van der Waals surface area contributed by atoms with Gasteiger partial charge in [0.05, 0.1) is 19.4 Å². The first-order valence-electron chi connectivity index (χ1n) is 8.99. The smallest absolute Gasteiger partial charge is 0.222 e. The maximum Gasteiger partial charge on any atom is 0.222 e. The molecule has 5 nitrogen and oxygen atoms in total. The molecule has 0 saturated heterocycles. The molecule has 0 radical (unpaired) electrons. The minimum Gasteiger partial charge on any atom is -0.497 e. The molecule has 1 amide bonds. The zero-order chi connectivity index (χ0) is 19.2. The lowest BCUT2D eigenvalue weighted by Gasteiger charge is -2.24. The summed E-state index contributed by atoms with van der Waals surface area (Å²) in [6.07, 6.45) is 0.877. The summed E-state index contributed by atoms with van der Waals surface area (Å²) in [5.41, 5.74) is 2.71. The number of ether oxygens (including phenoxy) is 1. The number of nitrogens with zero attached hydrogens (tertiary/aromatic N) is 2. The van der Waals surface area contributed by atoms with Crippen LogP contribution in [0, 0.1) is 0 Å². The van der Waals surface area contributed by atoms with Gasteiger partial charge in [0.2, 0.25) is 5.91 Å². The molecule has 0 bridgehead atoms. The van der Waals surface area contributed by atoms with E-state index in [4.69, 9.17) is 21.2 Å². The number of benzene rings is 2. The van der Waals surface area contributed by atoms with Crippen LogP contribution >= 0.6 is 11.6 Å². The molecule has 1 heterocycles. The first-order chi connectivity index (χ1) is 13.1. The van der Waals surface area contributed by atoms with Crippen LogP contribution in [0.25, 0.3) is 0 Å². The summed E-state index contributed by atoms with van der Waals surface area (Å²) in [5.74, 6) is 0.852. The number of methoxy groups -OCH3 is 1. The summed E-state index contributed by atoms with van der Waals surface area (Å²) >= 11 is 6.25. The molecule has 6 heteroatoms. The number of rotatable bonds is 7. The highest BCUT2D eigenvalue weighted by Gasteiger charge is 2.27. The molecule has 0 aromatic heterocycles. The van der Waals surface area contributed by atoms with Crippen LogP contribution < -0.4 is 4.74 Å². The van der Waals surface area contributed by atoms with Gasteiger partial charge in [-0.15, -0.1) is 0 Å². The van der Waals surface area contributed by atoms with Crippen LogP contribution in [0.2, 0.25) is 5.02 Å². The lowest BCUT2D eigenvalue weighted by atomic mass is 10.0. The van der Waals surface area contributed by atoms with Crippen molar-refractivity contribution >= 4 is 23.2 Å². The first-order valence-corrected chi connectivity index (χ1v) is 9.36. The van der Waals surface area contributed by atoms with Gasteiger partial charge in [-0.25, -0.2) is 0 Å². The summed E-state index contributed by atoms with van der Waals surface area (Å²) < 4.78 is 5.27. The van der Waals surface area contributed by atoms with Crippen molar-refractivity contribution in [3.05, 3.63) is 64.7 Å². The lowest BCUT2D eigenvalue weighted by Crippen LogP contribution is -2.36. The number of amides is 1. The largest absolute Gasteiger partial charge is 0.497 e. The van der Waals surface area contributed by atoms with E-state index >= 15 is 0 Å². The summed E-state index contributed by atoms with van der Waals surface area (Å²) in [5, 5.41) is 4.85. The fraction of sp³-hybridized carbons (Fsp3) is 0.333. The predicted octanol–water partition coefficient (Wildman–Crippen LogP) is 4.28. The van der Waals surface area contributed by atoms with E-state index in [-0.39, 0.29) is 12.0 Å². The average molecular weight is 387 g/mol. The Morgan fingerprint density at radius 2 is 2.11 bits per heavy atom. The van der Waals surface area contributed by atoms with Crippen LogP contribution in [-0.4, -0.2) is 36.3 Å². The third-order valence-corrected chi connectivity index (χ3v) is 4.83. The highest BCUT2D eigenvalue weighted by Crippen LogP contribution is 2.24. The van der Waals surface area contributed by atoms with Crippen LogP contribution in [0.1, 0.15) is 30.9 Å². The Morgan fingerprint density at radius 3 is 2.85 bits per heavy atom. The highest BCUT2D eigenvalue weighted by atomic mass is 35.5. The van der Waals surface area contributed by atoms with Gasteiger partial charge in [-0.3, -0.25) is 4.79 Å². The van der Waals surface area contributed by atoms with E-state index in [9.17, 15) is 4.79 Å². The molecule has 0 spiro atoms. The fourth-order valence-corrected chi connectivity index (χ4v) is 3.34. The maximum atomic E-state index is 12.4. The van der Waals surface area contributed by atoms with Crippen molar-refractivity contribution in [2.75, 3.05) is 13.7 Å². The van der Waals surface area contributed by atoms with E-state index in [1.54, 1.807) is 7.11 Å². The molecule has 0 N–H and O–H groups in total. The summed E-state index contributed by atoms with van der Waals surface area (Å²) in [4.78, 5) is 19.8. The number of halogens is 1. The normalized spacial score (nSPS) is 15.8. The van der Waals surface area contributed by atoms with Gasteiger partial charge in [0.25, 0.3) is 0 Å².